The first-order valence-electron chi connectivity index (χ1n) is 6.20. The third kappa shape index (κ3) is 1.99. The quantitative estimate of drug-likeness (QED) is 0.762. The fourth-order valence-electron chi connectivity index (χ4n) is 2.29. The molecule has 0 unspecified atom stereocenters. The number of hydrogen-bond acceptors (Lipinski definition) is 3. The van der Waals surface area contributed by atoms with E-state index in [0.717, 1.165) is 5.56 Å². The molecule has 0 saturated carbocycles. The topological polar surface area (TPSA) is 80.6 Å². The number of carboxylic acid groups (broad SMARTS) is 1. The van der Waals surface area contributed by atoms with Crippen LogP contribution in [0.3, 0.4) is 0 Å². The highest BCUT2D eigenvalue weighted by Gasteiger charge is 2.17. The second kappa shape index (κ2) is 4.70. The number of nitrogens with zero attached hydrogens (tertiary/aromatic N) is 2. The molecule has 0 aliphatic carbocycles. The van der Waals surface area contributed by atoms with E-state index >= 15 is 0 Å². The van der Waals surface area contributed by atoms with Crippen molar-refractivity contribution >= 4 is 17.3 Å². The number of nitrogens with two attached hydrogens (primary N) is 1. The molecule has 1 aromatic carbocycles. The zero-order valence-electron chi connectivity index (χ0n) is 10.7. The van der Waals surface area contributed by atoms with E-state index in [2.05, 4.69) is 4.98 Å². The molecule has 0 aliphatic heterocycles. The molecule has 0 atom stereocenters. The second-order valence-electron chi connectivity index (χ2n) is 4.52. The molecule has 20 heavy (non-hydrogen) atoms. The molecule has 2 heterocycles. The lowest BCUT2D eigenvalue weighted by Gasteiger charge is -2.04. The standard InChI is InChI=1S/C15H13N3O2/c16-12-8-4-7-11-14(15(19)20)17-13(18(11)12)9-10-5-2-1-3-6-10/h1-8H,9,16H2,(H,19,20). The fourth-order valence-corrected chi connectivity index (χ4v) is 2.29. The molecule has 5 nitrogen and oxygen atoms in total. The smallest absolute Gasteiger partial charge is 0.356 e. The van der Waals surface area contributed by atoms with Crippen molar-refractivity contribution in [2.45, 2.75) is 6.42 Å². The number of carboxylic acids is 1. The van der Waals surface area contributed by atoms with Crippen LogP contribution in [0.25, 0.3) is 5.52 Å². The number of fused-ring (bicyclic) bond motifs is 1. The lowest BCUT2D eigenvalue weighted by molar-refractivity contribution is 0.0693. The van der Waals surface area contributed by atoms with Gasteiger partial charge in [0.2, 0.25) is 0 Å². The van der Waals surface area contributed by atoms with Crippen LogP contribution in [0.4, 0.5) is 5.82 Å². The van der Waals surface area contributed by atoms with Crippen LogP contribution in [0.2, 0.25) is 0 Å². The van der Waals surface area contributed by atoms with Crippen LogP contribution >= 0.6 is 0 Å². The van der Waals surface area contributed by atoms with Crippen LogP contribution < -0.4 is 5.73 Å². The summed E-state index contributed by atoms with van der Waals surface area (Å²) >= 11 is 0. The number of anilines is 1. The van der Waals surface area contributed by atoms with Crippen molar-refractivity contribution in [3.05, 3.63) is 65.6 Å². The summed E-state index contributed by atoms with van der Waals surface area (Å²) < 4.78 is 1.69. The maximum Gasteiger partial charge on any atom is 0.356 e. The zero-order valence-corrected chi connectivity index (χ0v) is 10.7. The summed E-state index contributed by atoms with van der Waals surface area (Å²) in [6.07, 6.45) is 0.531. The lowest BCUT2D eigenvalue weighted by Crippen LogP contribution is -2.01. The highest BCUT2D eigenvalue weighted by molar-refractivity contribution is 5.94. The summed E-state index contributed by atoms with van der Waals surface area (Å²) in [4.78, 5) is 15.5. The van der Waals surface area contributed by atoms with Crippen LogP contribution in [-0.4, -0.2) is 20.5 Å². The van der Waals surface area contributed by atoms with Crippen molar-refractivity contribution in [2.24, 2.45) is 0 Å². The van der Waals surface area contributed by atoms with Gasteiger partial charge in [-0.15, -0.1) is 0 Å². The molecule has 0 radical (unpaired) electrons. The van der Waals surface area contributed by atoms with Crippen LogP contribution in [0.1, 0.15) is 21.9 Å². The van der Waals surface area contributed by atoms with Crippen LogP contribution in [-0.2, 0) is 6.42 Å². The minimum atomic E-state index is -1.05. The summed E-state index contributed by atoms with van der Waals surface area (Å²) in [5, 5.41) is 9.24. The van der Waals surface area contributed by atoms with Gasteiger partial charge in [-0.2, -0.15) is 0 Å². The first-order valence-corrected chi connectivity index (χ1v) is 6.20. The molecule has 0 fully saturated rings. The average Bonchev–Trinajstić information content (AvgIpc) is 2.80. The molecule has 3 rings (SSSR count). The molecule has 100 valence electrons. The number of carbonyl (C=O) groups is 1. The third-order valence-electron chi connectivity index (χ3n) is 3.17. The summed E-state index contributed by atoms with van der Waals surface area (Å²) in [7, 11) is 0. The van der Waals surface area contributed by atoms with E-state index in [9.17, 15) is 9.90 Å². The van der Waals surface area contributed by atoms with Gasteiger partial charge < -0.3 is 10.8 Å². The Morgan fingerprint density at radius 1 is 1.15 bits per heavy atom. The summed E-state index contributed by atoms with van der Waals surface area (Å²) in [6.45, 7) is 0. The third-order valence-corrected chi connectivity index (χ3v) is 3.17. The normalized spacial score (nSPS) is 10.8. The van der Waals surface area contributed by atoms with Crippen LogP contribution in [0.15, 0.2) is 48.5 Å². The Kier molecular flexibility index (Phi) is 2.87. The zero-order chi connectivity index (χ0) is 14.1. The molecule has 0 saturated heterocycles. The largest absolute Gasteiger partial charge is 0.476 e. The van der Waals surface area contributed by atoms with Crippen molar-refractivity contribution in [1.82, 2.24) is 9.38 Å². The first-order chi connectivity index (χ1) is 9.66. The van der Waals surface area contributed by atoms with Gasteiger partial charge in [0.05, 0.1) is 5.52 Å². The highest BCUT2D eigenvalue weighted by Crippen LogP contribution is 2.19. The van der Waals surface area contributed by atoms with E-state index in [-0.39, 0.29) is 5.69 Å². The number of benzene rings is 1. The van der Waals surface area contributed by atoms with Gasteiger partial charge in [-0.3, -0.25) is 4.40 Å². The maximum atomic E-state index is 11.3. The maximum absolute atomic E-state index is 11.3. The molecule has 0 bridgehead atoms. The molecular formula is C15H13N3O2. The van der Waals surface area contributed by atoms with Crippen molar-refractivity contribution in [3.8, 4) is 0 Å². The van der Waals surface area contributed by atoms with Gasteiger partial charge in [0.15, 0.2) is 5.69 Å². The second-order valence-corrected chi connectivity index (χ2v) is 4.52. The van der Waals surface area contributed by atoms with Crippen LogP contribution in [0, 0.1) is 0 Å². The Balaban J connectivity index is 2.18. The molecular weight excluding hydrogens is 254 g/mol. The number of rotatable bonds is 3. The molecule has 2 aromatic heterocycles. The van der Waals surface area contributed by atoms with Gasteiger partial charge in [-0.25, -0.2) is 9.78 Å². The van der Waals surface area contributed by atoms with Crippen molar-refractivity contribution in [3.63, 3.8) is 0 Å². The van der Waals surface area contributed by atoms with Crippen molar-refractivity contribution in [2.75, 3.05) is 5.73 Å². The molecule has 3 aromatic rings. The Morgan fingerprint density at radius 3 is 2.60 bits per heavy atom. The number of nitrogen functional groups attached to an aromatic ring is 1. The summed E-state index contributed by atoms with van der Waals surface area (Å²) in [6, 6.07) is 14.9. The SMILES string of the molecule is Nc1cccc2c(C(=O)O)nc(Cc3ccccc3)n12. The number of aromatic nitrogens is 2. The number of pyridine rings is 1. The molecule has 3 N–H and O–H groups in total. The number of imidazole rings is 1. The summed E-state index contributed by atoms with van der Waals surface area (Å²) in [5.74, 6) is 0.0579. The van der Waals surface area contributed by atoms with E-state index in [1.165, 1.54) is 0 Å². The van der Waals surface area contributed by atoms with Gasteiger partial charge >= 0.3 is 5.97 Å². The Bertz CT molecular complexity index is 778. The van der Waals surface area contributed by atoms with Crippen molar-refractivity contribution in [1.29, 1.82) is 0 Å². The first kappa shape index (κ1) is 12.2. The molecule has 0 aliphatic rings. The van der Waals surface area contributed by atoms with Gasteiger partial charge in [-0.05, 0) is 17.7 Å². The van der Waals surface area contributed by atoms with Gasteiger partial charge in [-0.1, -0.05) is 36.4 Å². The fraction of sp³-hybridized carbons (Fsp3) is 0.0667. The number of hydrogen-bond donors (Lipinski definition) is 2. The summed E-state index contributed by atoms with van der Waals surface area (Å²) in [5.41, 5.74) is 7.56. The lowest BCUT2D eigenvalue weighted by atomic mass is 10.1. The molecule has 5 heteroatoms. The predicted octanol–water partition coefficient (Wildman–Crippen LogP) is 2.21. The molecule has 0 spiro atoms. The number of aromatic carboxylic acids is 1. The van der Waals surface area contributed by atoms with E-state index < -0.39 is 5.97 Å². The minimum absolute atomic E-state index is 0.0308. The average molecular weight is 267 g/mol. The van der Waals surface area contributed by atoms with Gasteiger partial charge in [0.25, 0.3) is 0 Å². The van der Waals surface area contributed by atoms with Gasteiger partial charge in [0, 0.05) is 6.42 Å². The Labute approximate surface area is 115 Å². The van der Waals surface area contributed by atoms with Crippen molar-refractivity contribution < 1.29 is 9.90 Å². The minimum Gasteiger partial charge on any atom is -0.476 e. The predicted molar refractivity (Wildman–Crippen MR) is 75.8 cm³/mol. The van der Waals surface area contributed by atoms with Crippen LogP contribution in [0.5, 0.6) is 0 Å². The van der Waals surface area contributed by atoms with E-state index in [1.54, 1.807) is 22.6 Å². The Hall–Kier alpha value is -2.82. The van der Waals surface area contributed by atoms with E-state index in [1.807, 2.05) is 30.3 Å². The van der Waals surface area contributed by atoms with E-state index in [0.29, 0.717) is 23.6 Å². The van der Waals surface area contributed by atoms with E-state index in [4.69, 9.17) is 5.73 Å². The molecule has 0 amide bonds. The Morgan fingerprint density at radius 2 is 1.90 bits per heavy atom. The van der Waals surface area contributed by atoms with Gasteiger partial charge in [0.1, 0.15) is 11.6 Å². The monoisotopic (exact) mass is 267 g/mol. The highest BCUT2D eigenvalue weighted by atomic mass is 16.4.